The van der Waals surface area contributed by atoms with Gasteiger partial charge in [0.25, 0.3) is 0 Å². The Morgan fingerprint density at radius 3 is 2.47 bits per heavy atom. The summed E-state index contributed by atoms with van der Waals surface area (Å²) in [7, 11) is -1.74. The van der Waals surface area contributed by atoms with Crippen LogP contribution in [0.5, 0.6) is 0 Å². The van der Waals surface area contributed by atoms with Crippen molar-refractivity contribution in [2.75, 3.05) is 20.3 Å². The van der Waals surface area contributed by atoms with Gasteiger partial charge >= 0.3 is 0 Å². The van der Waals surface area contributed by atoms with E-state index in [1.807, 2.05) is 0 Å². The molecule has 0 spiro atoms. The van der Waals surface area contributed by atoms with Gasteiger partial charge in [0.1, 0.15) is 0 Å². The number of rotatable bonds is 7. The number of sulfonamides is 1. The zero-order valence-corrected chi connectivity index (χ0v) is 13.3. The summed E-state index contributed by atoms with van der Waals surface area (Å²) in [6, 6.07) is 6.65. The first-order chi connectivity index (χ1) is 8.97. The van der Waals surface area contributed by atoms with E-state index in [4.69, 9.17) is 4.74 Å². The van der Waals surface area contributed by atoms with Crippen molar-refractivity contribution in [3.05, 3.63) is 28.7 Å². The van der Waals surface area contributed by atoms with E-state index in [1.165, 1.54) is 0 Å². The van der Waals surface area contributed by atoms with Crippen LogP contribution in [-0.4, -0.2) is 28.7 Å². The zero-order chi connectivity index (χ0) is 13.9. The van der Waals surface area contributed by atoms with Crippen LogP contribution in [-0.2, 0) is 14.8 Å². The van der Waals surface area contributed by atoms with Crippen LogP contribution in [0, 0.1) is 5.41 Å². The minimum absolute atomic E-state index is 0.110. The standard InChI is InChI=1S/C13H18BrNO3S/c1-18-9-8-13(6-7-13)10-15-19(16,17)12-4-2-11(14)3-5-12/h2-5,15H,6-10H2,1H3. The van der Waals surface area contributed by atoms with Crippen molar-refractivity contribution >= 4 is 26.0 Å². The lowest BCUT2D eigenvalue weighted by atomic mass is 10.0. The van der Waals surface area contributed by atoms with E-state index in [2.05, 4.69) is 20.7 Å². The van der Waals surface area contributed by atoms with Crippen LogP contribution < -0.4 is 4.72 Å². The fourth-order valence-electron chi connectivity index (χ4n) is 1.96. The van der Waals surface area contributed by atoms with Crippen molar-refractivity contribution in [2.45, 2.75) is 24.2 Å². The summed E-state index contributed by atoms with van der Waals surface area (Å²) in [4.78, 5) is 0.304. The molecule has 0 bridgehead atoms. The fourth-order valence-corrected chi connectivity index (χ4v) is 3.38. The molecule has 0 atom stereocenters. The summed E-state index contributed by atoms with van der Waals surface area (Å²) in [5.74, 6) is 0. The van der Waals surface area contributed by atoms with Crippen LogP contribution in [0.3, 0.4) is 0 Å². The highest BCUT2D eigenvalue weighted by molar-refractivity contribution is 9.10. The molecule has 1 aliphatic rings. The van der Waals surface area contributed by atoms with Crippen molar-refractivity contribution in [3.8, 4) is 0 Å². The molecule has 1 fully saturated rings. The third-order valence-corrected chi connectivity index (χ3v) is 5.50. The van der Waals surface area contributed by atoms with Gasteiger partial charge in [0.15, 0.2) is 0 Å². The maximum absolute atomic E-state index is 12.1. The quantitative estimate of drug-likeness (QED) is 0.824. The summed E-state index contributed by atoms with van der Waals surface area (Å²) < 4.78 is 32.9. The van der Waals surface area contributed by atoms with Crippen LogP contribution in [0.4, 0.5) is 0 Å². The summed E-state index contributed by atoms with van der Waals surface area (Å²) in [5, 5.41) is 0. The van der Waals surface area contributed by atoms with Gasteiger partial charge in [-0.2, -0.15) is 0 Å². The van der Waals surface area contributed by atoms with Gasteiger partial charge in [-0.1, -0.05) is 15.9 Å². The van der Waals surface area contributed by atoms with E-state index in [0.717, 1.165) is 23.7 Å². The molecule has 1 aliphatic carbocycles. The van der Waals surface area contributed by atoms with Gasteiger partial charge in [0.05, 0.1) is 4.90 Å². The van der Waals surface area contributed by atoms with Crippen molar-refractivity contribution in [1.29, 1.82) is 0 Å². The molecule has 0 heterocycles. The van der Waals surface area contributed by atoms with Crippen molar-refractivity contribution in [3.63, 3.8) is 0 Å². The Morgan fingerprint density at radius 1 is 1.32 bits per heavy atom. The maximum atomic E-state index is 12.1. The highest BCUT2D eigenvalue weighted by Crippen LogP contribution is 2.48. The van der Waals surface area contributed by atoms with E-state index in [0.29, 0.717) is 18.0 Å². The fraction of sp³-hybridized carbons (Fsp3) is 0.538. The lowest BCUT2D eigenvalue weighted by Gasteiger charge is -2.15. The first-order valence-corrected chi connectivity index (χ1v) is 8.49. The second-order valence-corrected chi connectivity index (χ2v) is 7.70. The molecule has 0 aliphatic heterocycles. The predicted molar refractivity (Wildman–Crippen MR) is 77.5 cm³/mol. The molecule has 1 aromatic rings. The van der Waals surface area contributed by atoms with Crippen molar-refractivity contribution in [2.24, 2.45) is 5.41 Å². The van der Waals surface area contributed by atoms with Crippen LogP contribution in [0.2, 0.25) is 0 Å². The van der Waals surface area contributed by atoms with Gasteiger partial charge in [-0.3, -0.25) is 0 Å². The lowest BCUT2D eigenvalue weighted by molar-refractivity contribution is 0.173. The number of nitrogens with one attached hydrogen (secondary N) is 1. The molecule has 1 aromatic carbocycles. The molecule has 6 heteroatoms. The molecule has 0 radical (unpaired) electrons. The number of ether oxygens (including phenoxy) is 1. The zero-order valence-electron chi connectivity index (χ0n) is 10.9. The number of benzene rings is 1. The topological polar surface area (TPSA) is 55.4 Å². The van der Waals surface area contributed by atoms with Crippen molar-refractivity contribution in [1.82, 2.24) is 4.72 Å². The number of hydrogen-bond acceptors (Lipinski definition) is 3. The van der Waals surface area contributed by atoms with Gasteiger partial charge in [0.2, 0.25) is 10.0 Å². The Labute approximate surface area is 122 Å². The average molecular weight is 348 g/mol. The molecule has 1 N–H and O–H groups in total. The van der Waals surface area contributed by atoms with Gasteiger partial charge in [-0.05, 0) is 48.9 Å². The van der Waals surface area contributed by atoms with Gasteiger partial charge in [-0.25, -0.2) is 13.1 Å². The Hall–Kier alpha value is -0.430. The first kappa shape index (κ1) is 15.0. The molecule has 106 valence electrons. The molecule has 0 aromatic heterocycles. The van der Waals surface area contributed by atoms with Gasteiger partial charge in [-0.15, -0.1) is 0 Å². The average Bonchev–Trinajstić information content (AvgIpc) is 3.16. The van der Waals surface area contributed by atoms with E-state index < -0.39 is 10.0 Å². The summed E-state index contributed by atoms with van der Waals surface area (Å²) in [6.45, 7) is 1.18. The number of methoxy groups -OCH3 is 1. The molecule has 19 heavy (non-hydrogen) atoms. The highest BCUT2D eigenvalue weighted by Gasteiger charge is 2.42. The summed E-state index contributed by atoms with van der Waals surface area (Å²) in [6.07, 6.45) is 3.05. The number of hydrogen-bond donors (Lipinski definition) is 1. The first-order valence-electron chi connectivity index (χ1n) is 6.22. The molecule has 2 rings (SSSR count). The molecular weight excluding hydrogens is 330 g/mol. The summed E-state index contributed by atoms with van der Waals surface area (Å²) >= 11 is 3.29. The number of halogens is 1. The van der Waals surface area contributed by atoms with E-state index in [-0.39, 0.29) is 5.41 Å². The molecular formula is C13H18BrNO3S. The van der Waals surface area contributed by atoms with Crippen LogP contribution in [0.25, 0.3) is 0 Å². The Morgan fingerprint density at radius 2 is 1.95 bits per heavy atom. The SMILES string of the molecule is COCCC1(CNS(=O)(=O)c2ccc(Br)cc2)CC1. The molecule has 4 nitrogen and oxygen atoms in total. The summed E-state index contributed by atoms with van der Waals surface area (Å²) in [5.41, 5.74) is 0.110. The van der Waals surface area contributed by atoms with Gasteiger partial charge < -0.3 is 4.74 Å². The second-order valence-electron chi connectivity index (χ2n) is 5.02. The highest BCUT2D eigenvalue weighted by atomic mass is 79.9. The smallest absolute Gasteiger partial charge is 0.240 e. The molecule has 0 unspecified atom stereocenters. The Balaban J connectivity index is 1.96. The third-order valence-electron chi connectivity index (χ3n) is 3.55. The van der Waals surface area contributed by atoms with Crippen LogP contribution in [0.15, 0.2) is 33.6 Å². The minimum Gasteiger partial charge on any atom is -0.385 e. The van der Waals surface area contributed by atoms with Crippen molar-refractivity contribution < 1.29 is 13.2 Å². The normalized spacial score (nSPS) is 17.4. The monoisotopic (exact) mass is 347 g/mol. The van der Waals surface area contributed by atoms with Crippen LogP contribution in [0.1, 0.15) is 19.3 Å². The van der Waals surface area contributed by atoms with E-state index >= 15 is 0 Å². The van der Waals surface area contributed by atoms with E-state index in [9.17, 15) is 8.42 Å². The molecule has 0 amide bonds. The Bertz CT molecular complexity index is 523. The second kappa shape index (κ2) is 5.91. The maximum Gasteiger partial charge on any atom is 0.240 e. The molecule has 0 saturated heterocycles. The predicted octanol–water partition coefficient (Wildman–Crippen LogP) is 2.54. The largest absolute Gasteiger partial charge is 0.385 e. The molecule has 1 saturated carbocycles. The van der Waals surface area contributed by atoms with Crippen LogP contribution >= 0.6 is 15.9 Å². The van der Waals surface area contributed by atoms with Gasteiger partial charge in [0, 0.05) is 24.7 Å². The Kier molecular flexibility index (Phi) is 4.66. The third kappa shape index (κ3) is 4.02. The van der Waals surface area contributed by atoms with E-state index in [1.54, 1.807) is 31.4 Å². The lowest BCUT2D eigenvalue weighted by Crippen LogP contribution is -2.30. The minimum atomic E-state index is -3.41.